The molecule has 1 aromatic rings. The molecule has 1 atom stereocenters. The maximum atomic E-state index is 12.2. The third-order valence-corrected chi connectivity index (χ3v) is 3.02. The van der Waals surface area contributed by atoms with Crippen LogP contribution in [0.2, 0.25) is 0 Å². The van der Waals surface area contributed by atoms with E-state index in [1.807, 2.05) is 32.9 Å². The topological polar surface area (TPSA) is 78.4 Å². The number of benzene rings is 1. The van der Waals surface area contributed by atoms with Gasteiger partial charge in [-0.15, -0.1) is 0 Å². The fourth-order valence-corrected chi connectivity index (χ4v) is 2.03. The van der Waals surface area contributed by atoms with Crippen molar-refractivity contribution in [1.29, 1.82) is 0 Å². The van der Waals surface area contributed by atoms with Gasteiger partial charge in [-0.05, 0) is 31.4 Å². The highest BCUT2D eigenvalue weighted by atomic mass is 16.3. The van der Waals surface area contributed by atoms with Crippen LogP contribution in [-0.2, 0) is 4.79 Å². The summed E-state index contributed by atoms with van der Waals surface area (Å²) in [6.07, 6.45) is 0.550. The van der Waals surface area contributed by atoms with Gasteiger partial charge in [-0.2, -0.15) is 0 Å². The summed E-state index contributed by atoms with van der Waals surface area (Å²) >= 11 is 0. The quantitative estimate of drug-likeness (QED) is 0.707. The molecule has 0 spiro atoms. The number of nitrogens with one attached hydrogen (secondary N) is 2. The molecule has 0 bridgehead atoms. The number of hydrogen-bond donors (Lipinski definition) is 3. The minimum absolute atomic E-state index is 0.119. The number of amides is 2. The Balaban J connectivity index is 2.75. The molecule has 0 radical (unpaired) electrons. The first-order valence-corrected chi connectivity index (χ1v) is 7.20. The number of carbonyl (C=O) groups is 2. The number of aryl methyl sites for hydroxylation is 1. The van der Waals surface area contributed by atoms with E-state index in [1.54, 1.807) is 12.1 Å². The minimum Gasteiger partial charge on any atom is -0.395 e. The van der Waals surface area contributed by atoms with Gasteiger partial charge in [-0.25, -0.2) is 0 Å². The van der Waals surface area contributed by atoms with Crippen molar-refractivity contribution in [1.82, 2.24) is 10.6 Å². The molecule has 0 aromatic heterocycles. The Morgan fingerprint density at radius 2 is 2.00 bits per heavy atom. The summed E-state index contributed by atoms with van der Waals surface area (Å²) in [5.74, 6) is -0.255. The molecule has 5 nitrogen and oxygen atoms in total. The van der Waals surface area contributed by atoms with Gasteiger partial charge in [0.15, 0.2) is 0 Å². The van der Waals surface area contributed by atoms with Crippen LogP contribution in [0.15, 0.2) is 24.3 Å². The lowest BCUT2D eigenvalue weighted by atomic mass is 10.0. The molecule has 0 saturated heterocycles. The van der Waals surface area contributed by atoms with E-state index < -0.39 is 6.04 Å². The van der Waals surface area contributed by atoms with Crippen LogP contribution in [0.3, 0.4) is 0 Å². The van der Waals surface area contributed by atoms with Crippen molar-refractivity contribution in [3.8, 4) is 0 Å². The molecule has 1 rings (SSSR count). The average Bonchev–Trinajstić information content (AvgIpc) is 2.43. The average molecular weight is 292 g/mol. The van der Waals surface area contributed by atoms with Gasteiger partial charge in [0.1, 0.15) is 6.04 Å². The van der Waals surface area contributed by atoms with Crippen LogP contribution in [0.4, 0.5) is 0 Å². The standard InChI is InChI=1S/C16H24N2O3/c1-11(2)9-14(16(21)17-7-8-19)18-15(20)13-6-4-5-12(3)10-13/h4-6,10-11,14,19H,7-9H2,1-3H3,(H,17,21)(H,18,20). The molecule has 0 aliphatic heterocycles. The van der Waals surface area contributed by atoms with Gasteiger partial charge < -0.3 is 15.7 Å². The highest BCUT2D eigenvalue weighted by Gasteiger charge is 2.22. The molecule has 1 unspecified atom stereocenters. The Bertz CT molecular complexity index is 486. The molecule has 0 aliphatic rings. The predicted octanol–water partition coefficient (Wildman–Crippen LogP) is 1.25. The van der Waals surface area contributed by atoms with Crippen LogP contribution in [0.1, 0.15) is 36.2 Å². The zero-order chi connectivity index (χ0) is 15.8. The lowest BCUT2D eigenvalue weighted by Gasteiger charge is -2.20. The molecule has 116 valence electrons. The van der Waals surface area contributed by atoms with Crippen LogP contribution in [0.25, 0.3) is 0 Å². The number of aliphatic hydroxyl groups is 1. The van der Waals surface area contributed by atoms with Crippen LogP contribution in [0, 0.1) is 12.8 Å². The van der Waals surface area contributed by atoms with E-state index >= 15 is 0 Å². The molecular formula is C16H24N2O3. The monoisotopic (exact) mass is 292 g/mol. The fourth-order valence-electron chi connectivity index (χ4n) is 2.03. The zero-order valence-corrected chi connectivity index (χ0v) is 12.8. The molecule has 5 heteroatoms. The van der Waals surface area contributed by atoms with E-state index in [9.17, 15) is 9.59 Å². The third kappa shape index (κ3) is 5.95. The van der Waals surface area contributed by atoms with Crippen molar-refractivity contribution in [2.75, 3.05) is 13.2 Å². The van der Waals surface area contributed by atoms with Crippen LogP contribution in [0.5, 0.6) is 0 Å². The van der Waals surface area contributed by atoms with Gasteiger partial charge in [-0.3, -0.25) is 9.59 Å². The van der Waals surface area contributed by atoms with Crippen molar-refractivity contribution in [2.24, 2.45) is 5.92 Å². The fraction of sp³-hybridized carbons (Fsp3) is 0.500. The molecule has 0 aliphatic carbocycles. The molecule has 0 heterocycles. The SMILES string of the molecule is Cc1cccc(C(=O)NC(CC(C)C)C(=O)NCCO)c1. The summed E-state index contributed by atoms with van der Waals surface area (Å²) in [5, 5.41) is 14.1. The van der Waals surface area contributed by atoms with Crippen molar-refractivity contribution in [2.45, 2.75) is 33.2 Å². The van der Waals surface area contributed by atoms with Crippen molar-refractivity contribution in [3.63, 3.8) is 0 Å². The minimum atomic E-state index is -0.593. The lowest BCUT2D eigenvalue weighted by molar-refractivity contribution is -0.123. The van der Waals surface area contributed by atoms with E-state index in [2.05, 4.69) is 10.6 Å². The third-order valence-electron chi connectivity index (χ3n) is 3.02. The largest absolute Gasteiger partial charge is 0.395 e. The maximum absolute atomic E-state index is 12.2. The van der Waals surface area contributed by atoms with E-state index in [4.69, 9.17) is 5.11 Å². The normalized spacial score (nSPS) is 12.0. The second kappa shape index (κ2) is 8.42. The molecular weight excluding hydrogens is 268 g/mol. The summed E-state index contributed by atoms with van der Waals surface area (Å²) in [5.41, 5.74) is 1.53. The van der Waals surface area contributed by atoms with Crippen LogP contribution < -0.4 is 10.6 Å². The Hall–Kier alpha value is -1.88. The number of aliphatic hydroxyl groups excluding tert-OH is 1. The van der Waals surface area contributed by atoms with Crippen molar-refractivity contribution >= 4 is 11.8 Å². The second-order valence-corrected chi connectivity index (χ2v) is 5.54. The highest BCUT2D eigenvalue weighted by molar-refractivity contribution is 5.97. The van der Waals surface area contributed by atoms with Gasteiger partial charge >= 0.3 is 0 Å². The zero-order valence-electron chi connectivity index (χ0n) is 12.8. The molecule has 3 N–H and O–H groups in total. The first-order chi connectivity index (χ1) is 9.93. The highest BCUT2D eigenvalue weighted by Crippen LogP contribution is 2.08. The summed E-state index contributed by atoms with van der Waals surface area (Å²) in [4.78, 5) is 24.3. The van der Waals surface area contributed by atoms with E-state index in [0.29, 0.717) is 12.0 Å². The van der Waals surface area contributed by atoms with Crippen LogP contribution >= 0.6 is 0 Å². The van der Waals surface area contributed by atoms with Gasteiger partial charge in [0.2, 0.25) is 5.91 Å². The Morgan fingerprint density at radius 3 is 2.57 bits per heavy atom. The van der Waals surface area contributed by atoms with E-state index in [0.717, 1.165) is 5.56 Å². The van der Waals surface area contributed by atoms with Crippen LogP contribution in [-0.4, -0.2) is 36.1 Å². The molecule has 0 saturated carbocycles. The van der Waals surface area contributed by atoms with Gasteiger partial charge in [0, 0.05) is 12.1 Å². The first-order valence-electron chi connectivity index (χ1n) is 7.20. The molecule has 21 heavy (non-hydrogen) atoms. The van der Waals surface area contributed by atoms with Gasteiger partial charge in [0.25, 0.3) is 5.91 Å². The smallest absolute Gasteiger partial charge is 0.251 e. The Kier molecular flexibility index (Phi) is 6.88. The molecule has 2 amide bonds. The first kappa shape index (κ1) is 17.2. The van der Waals surface area contributed by atoms with E-state index in [-0.39, 0.29) is 30.9 Å². The second-order valence-electron chi connectivity index (χ2n) is 5.54. The molecule has 0 fully saturated rings. The Labute approximate surface area is 125 Å². The molecule has 1 aromatic carbocycles. The van der Waals surface area contributed by atoms with Crippen molar-refractivity contribution < 1.29 is 14.7 Å². The Morgan fingerprint density at radius 1 is 1.29 bits per heavy atom. The summed E-state index contributed by atoms with van der Waals surface area (Å²) < 4.78 is 0. The van der Waals surface area contributed by atoms with E-state index in [1.165, 1.54) is 0 Å². The summed E-state index contributed by atoms with van der Waals surface area (Å²) in [6, 6.07) is 6.64. The van der Waals surface area contributed by atoms with Gasteiger partial charge in [0.05, 0.1) is 6.61 Å². The number of hydrogen-bond acceptors (Lipinski definition) is 3. The number of carbonyl (C=O) groups excluding carboxylic acids is 2. The maximum Gasteiger partial charge on any atom is 0.251 e. The van der Waals surface area contributed by atoms with Gasteiger partial charge in [-0.1, -0.05) is 31.5 Å². The number of rotatable bonds is 7. The predicted molar refractivity (Wildman–Crippen MR) is 82.0 cm³/mol. The summed E-state index contributed by atoms with van der Waals surface area (Å²) in [6.45, 7) is 5.96. The summed E-state index contributed by atoms with van der Waals surface area (Å²) in [7, 11) is 0. The lowest BCUT2D eigenvalue weighted by Crippen LogP contribution is -2.48. The van der Waals surface area contributed by atoms with Crippen molar-refractivity contribution in [3.05, 3.63) is 35.4 Å².